The van der Waals surface area contributed by atoms with Crippen molar-refractivity contribution >= 4 is 23.1 Å². The van der Waals surface area contributed by atoms with Gasteiger partial charge in [0.25, 0.3) is 0 Å². The van der Waals surface area contributed by atoms with E-state index in [1.165, 1.54) is 12.8 Å². The first kappa shape index (κ1) is 13.7. The molecule has 1 aliphatic heterocycles. The lowest BCUT2D eigenvalue weighted by molar-refractivity contribution is -0.124. The van der Waals surface area contributed by atoms with Crippen LogP contribution in [0.5, 0.6) is 0 Å². The fourth-order valence-corrected chi connectivity index (χ4v) is 2.85. The summed E-state index contributed by atoms with van der Waals surface area (Å²) < 4.78 is 5.71. The molecular weight excluding hydrogens is 248 g/mol. The van der Waals surface area contributed by atoms with Gasteiger partial charge in [0.2, 0.25) is 5.91 Å². The molecule has 0 aromatic heterocycles. The minimum Gasteiger partial charge on any atom is -0.393 e. The topological polar surface area (TPSA) is 64.3 Å². The number of hydrogen-bond donors (Lipinski definition) is 2. The monoisotopic (exact) mass is 270 g/mol. The maximum absolute atomic E-state index is 12.2. The van der Waals surface area contributed by atoms with Crippen LogP contribution in [-0.4, -0.2) is 29.6 Å². The van der Waals surface area contributed by atoms with E-state index in [2.05, 4.69) is 5.32 Å². The van der Waals surface area contributed by atoms with Crippen molar-refractivity contribution < 1.29 is 9.53 Å². The van der Waals surface area contributed by atoms with Crippen LogP contribution >= 0.6 is 12.2 Å². The molecule has 0 aromatic rings. The molecule has 1 saturated carbocycles. The summed E-state index contributed by atoms with van der Waals surface area (Å²) in [6.07, 6.45) is 5.20. The second-order valence-electron chi connectivity index (χ2n) is 5.32. The van der Waals surface area contributed by atoms with Gasteiger partial charge in [-0.15, -0.1) is 0 Å². The summed E-state index contributed by atoms with van der Waals surface area (Å²) in [5, 5.41) is 3.09. The maximum Gasteiger partial charge on any atom is 0.230 e. The van der Waals surface area contributed by atoms with Crippen molar-refractivity contribution in [3.8, 4) is 0 Å². The van der Waals surface area contributed by atoms with Gasteiger partial charge in [0, 0.05) is 6.61 Å². The van der Waals surface area contributed by atoms with Crippen LogP contribution in [0.15, 0.2) is 0 Å². The molecule has 2 rings (SSSR count). The smallest absolute Gasteiger partial charge is 0.230 e. The first-order valence-corrected chi connectivity index (χ1v) is 7.25. The number of nitrogens with one attached hydrogen (secondary N) is 1. The molecule has 3 unspecified atom stereocenters. The highest BCUT2D eigenvalue weighted by atomic mass is 32.1. The molecule has 3 N–H and O–H groups in total. The summed E-state index contributed by atoms with van der Waals surface area (Å²) in [5.41, 5.74) is 5.64. The summed E-state index contributed by atoms with van der Waals surface area (Å²) in [6.45, 7) is 2.78. The minimum absolute atomic E-state index is 0.0227. The van der Waals surface area contributed by atoms with Crippen LogP contribution < -0.4 is 11.1 Å². The Kier molecular flexibility index (Phi) is 4.56. The molecular formula is C13H22N2O2S. The van der Waals surface area contributed by atoms with E-state index in [1.54, 1.807) is 0 Å². The van der Waals surface area contributed by atoms with Gasteiger partial charge >= 0.3 is 0 Å². The van der Waals surface area contributed by atoms with E-state index in [-0.39, 0.29) is 24.0 Å². The minimum atomic E-state index is -0.328. The summed E-state index contributed by atoms with van der Waals surface area (Å²) in [4.78, 5) is 12.5. The number of thiocarbonyl (C=S) groups is 1. The van der Waals surface area contributed by atoms with E-state index >= 15 is 0 Å². The Bertz CT molecular complexity index is 331. The Morgan fingerprint density at radius 3 is 2.78 bits per heavy atom. The zero-order valence-corrected chi connectivity index (χ0v) is 11.7. The molecule has 5 heteroatoms. The van der Waals surface area contributed by atoms with Crippen molar-refractivity contribution in [1.82, 2.24) is 5.32 Å². The second-order valence-corrected chi connectivity index (χ2v) is 5.79. The third-order valence-corrected chi connectivity index (χ3v) is 4.07. The largest absolute Gasteiger partial charge is 0.393 e. The SMILES string of the molecule is CCCC(C(=O)NC1CCOC1C1CC1)C(N)=S. The van der Waals surface area contributed by atoms with Crippen LogP contribution in [-0.2, 0) is 9.53 Å². The highest BCUT2D eigenvalue weighted by molar-refractivity contribution is 7.80. The number of nitrogens with two attached hydrogens (primary N) is 1. The van der Waals surface area contributed by atoms with E-state index in [1.807, 2.05) is 6.92 Å². The van der Waals surface area contributed by atoms with Gasteiger partial charge in [0.1, 0.15) is 0 Å². The number of amides is 1. The van der Waals surface area contributed by atoms with Crippen molar-refractivity contribution in [2.45, 2.75) is 51.2 Å². The molecule has 2 fully saturated rings. The van der Waals surface area contributed by atoms with Crippen molar-refractivity contribution in [2.24, 2.45) is 17.6 Å². The van der Waals surface area contributed by atoms with Gasteiger partial charge in [-0.05, 0) is 31.6 Å². The molecule has 1 saturated heterocycles. The van der Waals surface area contributed by atoms with Crippen LogP contribution in [0.3, 0.4) is 0 Å². The number of ether oxygens (including phenoxy) is 1. The fourth-order valence-electron chi connectivity index (χ4n) is 2.63. The third kappa shape index (κ3) is 3.20. The van der Waals surface area contributed by atoms with Gasteiger partial charge < -0.3 is 15.8 Å². The number of rotatable bonds is 6. The second kappa shape index (κ2) is 5.97. The molecule has 2 aliphatic rings. The predicted molar refractivity (Wildman–Crippen MR) is 74.2 cm³/mol. The molecule has 1 amide bonds. The lowest BCUT2D eigenvalue weighted by atomic mass is 10.0. The third-order valence-electron chi connectivity index (χ3n) is 3.79. The van der Waals surface area contributed by atoms with Gasteiger partial charge in [0.15, 0.2) is 0 Å². The van der Waals surface area contributed by atoms with Crippen molar-refractivity contribution in [3.63, 3.8) is 0 Å². The zero-order chi connectivity index (χ0) is 13.1. The van der Waals surface area contributed by atoms with Gasteiger partial charge in [-0.3, -0.25) is 4.79 Å². The van der Waals surface area contributed by atoms with Crippen molar-refractivity contribution in [1.29, 1.82) is 0 Å². The molecule has 102 valence electrons. The average Bonchev–Trinajstić information content (AvgIpc) is 3.07. The standard InChI is InChI=1S/C13H22N2O2S/c1-2-3-9(12(14)18)13(16)15-10-6-7-17-11(10)8-4-5-8/h8-11H,2-7H2,1H3,(H2,14,18)(H,15,16). The first-order valence-electron chi connectivity index (χ1n) is 6.84. The Hall–Kier alpha value is -0.680. The summed E-state index contributed by atoms with van der Waals surface area (Å²) in [6, 6.07) is 0.152. The summed E-state index contributed by atoms with van der Waals surface area (Å²) in [7, 11) is 0. The Balaban J connectivity index is 1.90. The molecule has 18 heavy (non-hydrogen) atoms. The van der Waals surface area contributed by atoms with Crippen molar-refractivity contribution in [2.75, 3.05) is 6.61 Å². The lowest BCUT2D eigenvalue weighted by Gasteiger charge is -2.22. The summed E-state index contributed by atoms with van der Waals surface area (Å²) in [5.74, 6) is 0.295. The lowest BCUT2D eigenvalue weighted by Crippen LogP contribution is -2.46. The highest BCUT2D eigenvalue weighted by Gasteiger charge is 2.41. The van der Waals surface area contributed by atoms with Gasteiger partial charge in [-0.25, -0.2) is 0 Å². The molecule has 3 atom stereocenters. The maximum atomic E-state index is 12.2. The fraction of sp³-hybridized carbons (Fsp3) is 0.846. The number of carbonyl (C=O) groups is 1. The summed E-state index contributed by atoms with van der Waals surface area (Å²) >= 11 is 4.98. The number of hydrogen-bond acceptors (Lipinski definition) is 3. The van der Waals surface area contributed by atoms with Gasteiger partial charge in [0.05, 0.1) is 23.1 Å². The number of carbonyl (C=O) groups excluding carboxylic acids is 1. The van der Waals surface area contributed by atoms with E-state index in [0.717, 1.165) is 25.9 Å². The normalized spacial score (nSPS) is 28.9. The molecule has 0 radical (unpaired) electrons. The Morgan fingerprint density at radius 1 is 1.50 bits per heavy atom. The molecule has 0 bridgehead atoms. The van der Waals surface area contributed by atoms with E-state index in [0.29, 0.717) is 10.9 Å². The highest BCUT2D eigenvalue weighted by Crippen LogP contribution is 2.38. The average molecular weight is 270 g/mol. The Morgan fingerprint density at radius 2 is 2.22 bits per heavy atom. The first-order chi connectivity index (χ1) is 8.63. The van der Waals surface area contributed by atoms with Gasteiger partial charge in [-0.1, -0.05) is 25.6 Å². The van der Waals surface area contributed by atoms with Crippen LogP contribution in [0.1, 0.15) is 39.0 Å². The molecule has 1 aliphatic carbocycles. The molecule has 0 aromatic carbocycles. The van der Waals surface area contributed by atoms with Crippen LogP contribution in [0, 0.1) is 11.8 Å². The van der Waals surface area contributed by atoms with E-state index in [4.69, 9.17) is 22.7 Å². The van der Waals surface area contributed by atoms with E-state index in [9.17, 15) is 4.79 Å². The van der Waals surface area contributed by atoms with Crippen LogP contribution in [0.25, 0.3) is 0 Å². The van der Waals surface area contributed by atoms with Gasteiger partial charge in [-0.2, -0.15) is 0 Å². The molecule has 1 heterocycles. The molecule has 4 nitrogen and oxygen atoms in total. The predicted octanol–water partition coefficient (Wildman–Crippen LogP) is 1.37. The van der Waals surface area contributed by atoms with Crippen molar-refractivity contribution in [3.05, 3.63) is 0 Å². The Labute approximate surface area is 114 Å². The van der Waals surface area contributed by atoms with Crippen LogP contribution in [0.2, 0.25) is 0 Å². The van der Waals surface area contributed by atoms with E-state index < -0.39 is 0 Å². The van der Waals surface area contributed by atoms with Crippen LogP contribution in [0.4, 0.5) is 0 Å². The quantitative estimate of drug-likeness (QED) is 0.716. The molecule has 0 spiro atoms. The zero-order valence-electron chi connectivity index (χ0n) is 10.9.